The molecule has 0 spiro atoms. The molecule has 1 fully saturated rings. The van der Waals surface area contributed by atoms with Crippen LogP contribution in [0.2, 0.25) is 5.02 Å². The summed E-state index contributed by atoms with van der Waals surface area (Å²) in [7, 11) is 0. The molecule has 0 radical (unpaired) electrons. The van der Waals surface area contributed by atoms with Crippen LogP contribution in [0.3, 0.4) is 0 Å². The smallest absolute Gasteiger partial charge is 0.343 e. The fourth-order valence-electron chi connectivity index (χ4n) is 2.62. The summed E-state index contributed by atoms with van der Waals surface area (Å²) < 4.78 is 10.8. The number of carbonyl (C=O) groups excluding carboxylic acids is 2. The molecule has 1 unspecified atom stereocenters. The Morgan fingerprint density at radius 1 is 1.24 bits per heavy atom. The van der Waals surface area contributed by atoms with Gasteiger partial charge in [0.15, 0.2) is 0 Å². The second-order valence-electron chi connectivity index (χ2n) is 5.87. The molecule has 0 aliphatic carbocycles. The van der Waals surface area contributed by atoms with Gasteiger partial charge in [0, 0.05) is 17.3 Å². The van der Waals surface area contributed by atoms with Gasteiger partial charge in [-0.05, 0) is 61.7 Å². The number of hydrogen-bond acceptors (Lipinski definition) is 4. The number of halogens is 1. The van der Waals surface area contributed by atoms with E-state index in [1.165, 1.54) is 0 Å². The molecule has 1 aliphatic heterocycles. The zero-order valence-electron chi connectivity index (χ0n) is 13.8. The maximum Gasteiger partial charge on any atom is 0.343 e. The Hall–Kier alpha value is -2.37. The first-order valence-electron chi connectivity index (χ1n) is 8.04. The first kappa shape index (κ1) is 17.5. The van der Waals surface area contributed by atoms with Crippen molar-refractivity contribution in [1.29, 1.82) is 0 Å². The normalized spacial score (nSPS) is 16.5. The number of nitrogens with one attached hydrogen (secondary N) is 1. The van der Waals surface area contributed by atoms with Crippen LogP contribution in [-0.2, 0) is 9.53 Å². The van der Waals surface area contributed by atoms with Crippen LogP contribution in [0.15, 0.2) is 42.5 Å². The summed E-state index contributed by atoms with van der Waals surface area (Å²) in [4.78, 5) is 24.5. The van der Waals surface area contributed by atoms with Crippen LogP contribution in [-0.4, -0.2) is 24.6 Å². The van der Waals surface area contributed by atoms with Gasteiger partial charge in [-0.1, -0.05) is 17.7 Å². The van der Waals surface area contributed by atoms with Gasteiger partial charge >= 0.3 is 5.97 Å². The predicted molar refractivity (Wildman–Crippen MR) is 95.2 cm³/mol. The molecule has 1 heterocycles. The summed E-state index contributed by atoms with van der Waals surface area (Å²) in [6.07, 6.45) is 1.17. The lowest BCUT2D eigenvalue weighted by Crippen LogP contribution is -2.26. The van der Waals surface area contributed by atoms with Gasteiger partial charge in [-0.15, -0.1) is 0 Å². The average molecular weight is 360 g/mol. The highest BCUT2D eigenvalue weighted by molar-refractivity contribution is 6.30. The molecule has 0 bridgehead atoms. The fourth-order valence-corrected chi connectivity index (χ4v) is 2.84. The van der Waals surface area contributed by atoms with Crippen molar-refractivity contribution in [3.05, 3.63) is 58.6 Å². The second kappa shape index (κ2) is 7.68. The van der Waals surface area contributed by atoms with Crippen molar-refractivity contribution < 1.29 is 19.1 Å². The van der Waals surface area contributed by atoms with Crippen LogP contribution in [0, 0.1) is 6.92 Å². The van der Waals surface area contributed by atoms with Gasteiger partial charge in [0.2, 0.25) is 0 Å². The number of anilines is 1. The van der Waals surface area contributed by atoms with Gasteiger partial charge < -0.3 is 14.8 Å². The number of carbonyl (C=O) groups is 2. The summed E-state index contributed by atoms with van der Waals surface area (Å²) in [6.45, 7) is 2.41. The lowest BCUT2D eigenvalue weighted by molar-refractivity contribution is -0.124. The quantitative estimate of drug-likeness (QED) is 0.662. The number of benzene rings is 2. The largest absolute Gasteiger partial charge is 0.423 e. The van der Waals surface area contributed by atoms with E-state index in [0.717, 1.165) is 12.0 Å². The summed E-state index contributed by atoms with van der Waals surface area (Å²) >= 11 is 5.90. The van der Waals surface area contributed by atoms with Crippen LogP contribution in [0.1, 0.15) is 28.8 Å². The van der Waals surface area contributed by atoms with Gasteiger partial charge in [-0.25, -0.2) is 4.79 Å². The zero-order chi connectivity index (χ0) is 17.8. The van der Waals surface area contributed by atoms with Crippen LogP contribution in [0.4, 0.5) is 5.69 Å². The third kappa shape index (κ3) is 4.38. The molecular weight excluding hydrogens is 342 g/mol. The van der Waals surface area contributed by atoms with E-state index >= 15 is 0 Å². The minimum absolute atomic E-state index is 0.198. The standard InChI is InChI=1S/C19H18ClNO4/c1-12-10-14(20)7-8-16(12)25-19(23)13-4-2-5-15(11-13)21-18(22)17-6-3-9-24-17/h2,4-5,7-8,10-11,17H,3,6,9H2,1H3,(H,21,22). The molecule has 6 heteroatoms. The maximum atomic E-state index is 12.4. The van der Waals surface area contributed by atoms with E-state index in [-0.39, 0.29) is 5.91 Å². The summed E-state index contributed by atoms with van der Waals surface area (Å²) in [6, 6.07) is 11.7. The Balaban J connectivity index is 1.69. The molecular formula is C19H18ClNO4. The number of hydrogen-bond donors (Lipinski definition) is 1. The van der Waals surface area contributed by atoms with E-state index in [2.05, 4.69) is 5.32 Å². The molecule has 1 atom stereocenters. The topological polar surface area (TPSA) is 64.6 Å². The van der Waals surface area contributed by atoms with E-state index in [4.69, 9.17) is 21.1 Å². The summed E-state index contributed by atoms with van der Waals surface area (Å²) in [5, 5.41) is 3.35. The van der Waals surface area contributed by atoms with Crippen molar-refractivity contribution in [2.75, 3.05) is 11.9 Å². The van der Waals surface area contributed by atoms with Gasteiger partial charge in [-0.3, -0.25) is 4.79 Å². The van der Waals surface area contributed by atoms with Crippen LogP contribution in [0.5, 0.6) is 5.75 Å². The molecule has 2 aromatic carbocycles. The van der Waals surface area contributed by atoms with Gasteiger partial charge in [0.05, 0.1) is 5.56 Å². The van der Waals surface area contributed by atoms with Crippen molar-refractivity contribution in [3.63, 3.8) is 0 Å². The van der Waals surface area contributed by atoms with Gasteiger partial charge in [0.1, 0.15) is 11.9 Å². The van der Waals surface area contributed by atoms with Gasteiger partial charge in [-0.2, -0.15) is 0 Å². The Kier molecular flexibility index (Phi) is 5.36. The molecule has 25 heavy (non-hydrogen) atoms. The van der Waals surface area contributed by atoms with Crippen LogP contribution < -0.4 is 10.1 Å². The van der Waals surface area contributed by atoms with Crippen molar-refractivity contribution in [2.24, 2.45) is 0 Å². The molecule has 1 saturated heterocycles. The van der Waals surface area contributed by atoms with Crippen molar-refractivity contribution >= 4 is 29.2 Å². The van der Waals surface area contributed by atoms with Gasteiger partial charge in [0.25, 0.3) is 5.91 Å². The zero-order valence-corrected chi connectivity index (χ0v) is 14.5. The lowest BCUT2D eigenvalue weighted by atomic mass is 10.1. The Bertz CT molecular complexity index is 800. The monoisotopic (exact) mass is 359 g/mol. The number of esters is 1. The van der Waals surface area contributed by atoms with Crippen LogP contribution >= 0.6 is 11.6 Å². The third-order valence-corrected chi connectivity index (χ3v) is 4.16. The Labute approximate surface area is 150 Å². The Morgan fingerprint density at radius 3 is 2.80 bits per heavy atom. The van der Waals surface area contributed by atoms with E-state index in [1.807, 2.05) is 6.92 Å². The fraction of sp³-hybridized carbons (Fsp3) is 0.263. The predicted octanol–water partition coefficient (Wildman–Crippen LogP) is 3.99. The highest BCUT2D eigenvalue weighted by Crippen LogP contribution is 2.23. The molecule has 5 nitrogen and oxygen atoms in total. The third-order valence-electron chi connectivity index (χ3n) is 3.93. The van der Waals surface area contributed by atoms with Crippen molar-refractivity contribution in [2.45, 2.75) is 25.9 Å². The minimum Gasteiger partial charge on any atom is -0.423 e. The minimum atomic E-state index is -0.501. The molecule has 3 rings (SSSR count). The van der Waals surface area contributed by atoms with Crippen molar-refractivity contribution in [3.8, 4) is 5.75 Å². The molecule has 1 amide bonds. The molecule has 1 N–H and O–H groups in total. The van der Waals surface area contributed by atoms with Crippen molar-refractivity contribution in [1.82, 2.24) is 0 Å². The van der Waals surface area contributed by atoms with E-state index in [0.29, 0.717) is 35.1 Å². The SMILES string of the molecule is Cc1cc(Cl)ccc1OC(=O)c1cccc(NC(=O)C2CCCO2)c1. The first-order valence-corrected chi connectivity index (χ1v) is 8.41. The highest BCUT2D eigenvalue weighted by atomic mass is 35.5. The Morgan fingerprint density at radius 2 is 2.08 bits per heavy atom. The second-order valence-corrected chi connectivity index (χ2v) is 6.31. The van der Waals surface area contributed by atoms with E-state index in [1.54, 1.807) is 42.5 Å². The number of rotatable bonds is 4. The molecule has 0 saturated carbocycles. The number of ether oxygens (including phenoxy) is 2. The average Bonchev–Trinajstić information content (AvgIpc) is 3.12. The highest BCUT2D eigenvalue weighted by Gasteiger charge is 2.23. The number of amides is 1. The maximum absolute atomic E-state index is 12.4. The summed E-state index contributed by atoms with van der Waals surface area (Å²) in [5.74, 6) is -0.251. The molecule has 1 aliphatic rings. The summed E-state index contributed by atoms with van der Waals surface area (Å²) in [5.41, 5.74) is 1.64. The van der Waals surface area contributed by atoms with E-state index < -0.39 is 12.1 Å². The molecule has 130 valence electrons. The molecule has 2 aromatic rings. The first-order chi connectivity index (χ1) is 12.0. The molecule has 0 aromatic heterocycles. The number of aryl methyl sites for hydroxylation is 1. The lowest BCUT2D eigenvalue weighted by Gasteiger charge is -2.12. The van der Waals surface area contributed by atoms with Crippen LogP contribution in [0.25, 0.3) is 0 Å². The van der Waals surface area contributed by atoms with E-state index in [9.17, 15) is 9.59 Å².